The van der Waals surface area contributed by atoms with Crippen molar-refractivity contribution in [3.63, 3.8) is 0 Å². The molecule has 0 aromatic heterocycles. The van der Waals surface area contributed by atoms with Gasteiger partial charge < -0.3 is 5.32 Å². The molecule has 0 radical (unpaired) electrons. The van der Waals surface area contributed by atoms with Crippen LogP contribution in [0.15, 0.2) is 12.2 Å². The molecule has 0 saturated heterocycles. The lowest BCUT2D eigenvalue weighted by molar-refractivity contribution is -0.136. The van der Waals surface area contributed by atoms with Crippen LogP contribution in [0.2, 0.25) is 0 Å². The van der Waals surface area contributed by atoms with Crippen molar-refractivity contribution in [1.29, 1.82) is 0 Å². The zero-order valence-electron chi connectivity index (χ0n) is 14.0. The number of carbonyl (C=O) groups is 3. The summed E-state index contributed by atoms with van der Waals surface area (Å²) in [6.07, 6.45) is 7.65. The standard InChI is InChI=1S/C17H28N2O3/c1-17(2,3)11-12-18-14(20)8-6-4-5-7-13-19-15(21)9-10-16(19)22/h9-10H,4-8,11-13H2,1-3H3,(H,18,20). The maximum atomic E-state index is 11.6. The Kier molecular flexibility index (Phi) is 7.28. The van der Waals surface area contributed by atoms with Crippen LogP contribution in [-0.2, 0) is 14.4 Å². The average molecular weight is 308 g/mol. The molecule has 0 saturated carbocycles. The van der Waals surface area contributed by atoms with Gasteiger partial charge in [-0.1, -0.05) is 33.6 Å². The molecule has 0 spiro atoms. The first kappa shape index (κ1) is 18.4. The minimum absolute atomic E-state index is 0.110. The number of nitrogens with zero attached hydrogens (tertiary/aromatic N) is 1. The van der Waals surface area contributed by atoms with Gasteiger partial charge in [0.2, 0.25) is 5.91 Å². The van der Waals surface area contributed by atoms with Crippen LogP contribution in [0, 0.1) is 5.41 Å². The highest BCUT2D eigenvalue weighted by Gasteiger charge is 2.22. The van der Waals surface area contributed by atoms with E-state index >= 15 is 0 Å². The Morgan fingerprint density at radius 2 is 1.64 bits per heavy atom. The van der Waals surface area contributed by atoms with Crippen LogP contribution in [0.3, 0.4) is 0 Å². The van der Waals surface area contributed by atoms with Gasteiger partial charge in [-0.2, -0.15) is 0 Å². The third-order valence-electron chi connectivity index (χ3n) is 3.63. The van der Waals surface area contributed by atoms with Gasteiger partial charge in [0.25, 0.3) is 11.8 Å². The molecule has 3 amide bonds. The molecule has 5 nitrogen and oxygen atoms in total. The summed E-state index contributed by atoms with van der Waals surface area (Å²) in [5.41, 5.74) is 0.243. The fraction of sp³-hybridized carbons (Fsp3) is 0.706. The summed E-state index contributed by atoms with van der Waals surface area (Å²) in [7, 11) is 0. The second kappa shape index (κ2) is 8.71. The molecule has 0 aromatic carbocycles. The molecular weight excluding hydrogens is 280 g/mol. The van der Waals surface area contributed by atoms with E-state index in [1.165, 1.54) is 17.1 Å². The zero-order valence-corrected chi connectivity index (χ0v) is 14.0. The van der Waals surface area contributed by atoms with E-state index in [9.17, 15) is 14.4 Å². The van der Waals surface area contributed by atoms with Crippen molar-refractivity contribution in [2.75, 3.05) is 13.1 Å². The maximum Gasteiger partial charge on any atom is 0.253 e. The number of hydrogen-bond acceptors (Lipinski definition) is 3. The van der Waals surface area contributed by atoms with E-state index < -0.39 is 0 Å². The molecule has 0 unspecified atom stereocenters. The van der Waals surface area contributed by atoms with Gasteiger partial charge in [0.15, 0.2) is 0 Å². The Hall–Kier alpha value is -1.65. The van der Waals surface area contributed by atoms with E-state index in [0.717, 1.165) is 38.6 Å². The molecule has 0 atom stereocenters. The number of amides is 3. The molecule has 1 heterocycles. The summed E-state index contributed by atoms with van der Waals surface area (Å²) in [6.45, 7) is 7.68. The molecule has 0 fully saturated rings. The normalized spacial score (nSPS) is 14.8. The number of carbonyl (C=O) groups excluding carboxylic acids is 3. The van der Waals surface area contributed by atoms with Crippen LogP contribution in [0.1, 0.15) is 59.3 Å². The Morgan fingerprint density at radius 1 is 1.05 bits per heavy atom. The van der Waals surface area contributed by atoms with E-state index in [0.29, 0.717) is 13.0 Å². The molecular formula is C17H28N2O3. The van der Waals surface area contributed by atoms with E-state index in [2.05, 4.69) is 26.1 Å². The lowest BCUT2D eigenvalue weighted by Crippen LogP contribution is -2.30. The molecule has 0 aliphatic carbocycles. The van der Waals surface area contributed by atoms with Gasteiger partial charge in [-0.25, -0.2) is 0 Å². The maximum absolute atomic E-state index is 11.6. The fourth-order valence-corrected chi connectivity index (χ4v) is 2.23. The van der Waals surface area contributed by atoms with Gasteiger partial charge in [-0.3, -0.25) is 19.3 Å². The molecule has 0 aromatic rings. The average Bonchev–Trinajstić information content (AvgIpc) is 2.72. The number of imide groups is 1. The number of nitrogens with one attached hydrogen (secondary N) is 1. The van der Waals surface area contributed by atoms with Gasteiger partial charge in [-0.15, -0.1) is 0 Å². The van der Waals surface area contributed by atoms with Crippen LogP contribution >= 0.6 is 0 Å². The van der Waals surface area contributed by atoms with Gasteiger partial charge >= 0.3 is 0 Å². The van der Waals surface area contributed by atoms with E-state index in [4.69, 9.17) is 0 Å². The SMILES string of the molecule is CC(C)(C)CCNC(=O)CCCCCCN1C(=O)C=CC1=O. The van der Waals surface area contributed by atoms with Crippen molar-refractivity contribution in [3.05, 3.63) is 12.2 Å². The zero-order chi connectivity index (χ0) is 16.6. The Bertz CT molecular complexity index is 418. The van der Waals surface area contributed by atoms with Crippen molar-refractivity contribution in [1.82, 2.24) is 10.2 Å². The Morgan fingerprint density at radius 3 is 2.23 bits per heavy atom. The highest BCUT2D eigenvalue weighted by atomic mass is 16.2. The van der Waals surface area contributed by atoms with Crippen molar-refractivity contribution >= 4 is 17.7 Å². The van der Waals surface area contributed by atoms with Crippen molar-refractivity contribution in [2.24, 2.45) is 5.41 Å². The first-order chi connectivity index (χ1) is 10.3. The first-order valence-electron chi connectivity index (χ1n) is 8.10. The number of hydrogen-bond donors (Lipinski definition) is 1. The number of unbranched alkanes of at least 4 members (excludes halogenated alkanes) is 3. The Balaban J connectivity index is 1.98. The second-order valence-corrected chi connectivity index (χ2v) is 6.99. The van der Waals surface area contributed by atoms with Crippen molar-refractivity contribution in [3.8, 4) is 0 Å². The monoisotopic (exact) mass is 308 g/mol. The van der Waals surface area contributed by atoms with Gasteiger partial charge in [0, 0.05) is 31.7 Å². The molecule has 1 rings (SSSR count). The molecule has 22 heavy (non-hydrogen) atoms. The molecule has 1 N–H and O–H groups in total. The quantitative estimate of drug-likeness (QED) is 0.525. The van der Waals surface area contributed by atoms with Crippen LogP contribution in [0.4, 0.5) is 0 Å². The van der Waals surface area contributed by atoms with Gasteiger partial charge in [-0.05, 0) is 24.7 Å². The van der Waals surface area contributed by atoms with E-state index in [1.807, 2.05) is 0 Å². The Labute approximate surface area is 133 Å². The summed E-state index contributed by atoms with van der Waals surface area (Å²) in [4.78, 5) is 35.6. The smallest absolute Gasteiger partial charge is 0.253 e. The summed E-state index contributed by atoms with van der Waals surface area (Å²) in [5.74, 6) is -0.329. The topological polar surface area (TPSA) is 66.5 Å². The number of rotatable bonds is 9. The fourth-order valence-electron chi connectivity index (χ4n) is 2.23. The van der Waals surface area contributed by atoms with Gasteiger partial charge in [0.1, 0.15) is 0 Å². The summed E-state index contributed by atoms with van der Waals surface area (Å²) in [6, 6.07) is 0. The summed E-state index contributed by atoms with van der Waals surface area (Å²) < 4.78 is 0. The molecule has 5 heteroatoms. The lowest BCUT2D eigenvalue weighted by Gasteiger charge is -2.18. The van der Waals surface area contributed by atoms with Crippen LogP contribution < -0.4 is 5.32 Å². The van der Waals surface area contributed by atoms with Gasteiger partial charge in [0.05, 0.1) is 0 Å². The highest BCUT2D eigenvalue weighted by Crippen LogP contribution is 2.17. The molecule has 1 aliphatic heterocycles. The highest BCUT2D eigenvalue weighted by molar-refractivity contribution is 6.12. The largest absolute Gasteiger partial charge is 0.356 e. The third kappa shape index (κ3) is 7.38. The predicted molar refractivity (Wildman–Crippen MR) is 86.0 cm³/mol. The van der Waals surface area contributed by atoms with E-state index in [-0.39, 0.29) is 23.1 Å². The molecule has 0 bridgehead atoms. The lowest BCUT2D eigenvalue weighted by atomic mass is 9.92. The minimum Gasteiger partial charge on any atom is -0.356 e. The summed E-state index contributed by atoms with van der Waals surface area (Å²) >= 11 is 0. The van der Waals surface area contributed by atoms with Crippen LogP contribution in [0.25, 0.3) is 0 Å². The van der Waals surface area contributed by atoms with Crippen molar-refractivity contribution in [2.45, 2.75) is 59.3 Å². The minimum atomic E-state index is -0.219. The molecule has 1 aliphatic rings. The summed E-state index contributed by atoms with van der Waals surface area (Å²) in [5, 5.41) is 2.94. The predicted octanol–water partition coefficient (Wildman–Crippen LogP) is 2.41. The van der Waals surface area contributed by atoms with Crippen LogP contribution in [0.5, 0.6) is 0 Å². The third-order valence-corrected chi connectivity index (χ3v) is 3.63. The second-order valence-electron chi connectivity index (χ2n) is 6.99. The van der Waals surface area contributed by atoms with E-state index in [1.54, 1.807) is 0 Å². The van der Waals surface area contributed by atoms with Crippen LogP contribution in [-0.4, -0.2) is 35.7 Å². The first-order valence-corrected chi connectivity index (χ1v) is 8.10. The molecule has 124 valence electrons. The van der Waals surface area contributed by atoms with Crippen molar-refractivity contribution < 1.29 is 14.4 Å².